The van der Waals surface area contributed by atoms with E-state index in [4.69, 9.17) is 5.11 Å². The quantitative estimate of drug-likeness (QED) is 0.640. The third-order valence-corrected chi connectivity index (χ3v) is 4.94. The van der Waals surface area contributed by atoms with Crippen LogP contribution in [0.1, 0.15) is 30.1 Å². The monoisotopic (exact) mass is 310 g/mol. The van der Waals surface area contributed by atoms with Crippen LogP contribution in [0.5, 0.6) is 5.75 Å². The van der Waals surface area contributed by atoms with Crippen molar-refractivity contribution in [2.45, 2.75) is 24.5 Å². The molecule has 2 amide bonds. The van der Waals surface area contributed by atoms with Gasteiger partial charge in [-0.1, -0.05) is 0 Å². The van der Waals surface area contributed by atoms with E-state index in [0.29, 0.717) is 6.54 Å². The molecule has 1 saturated heterocycles. The minimum atomic E-state index is -1.21. The van der Waals surface area contributed by atoms with Crippen LogP contribution in [0.25, 0.3) is 0 Å². The maximum Gasteiger partial charge on any atom is 0.337 e. The van der Waals surface area contributed by atoms with Crippen molar-refractivity contribution >= 4 is 29.4 Å². The van der Waals surface area contributed by atoms with E-state index in [2.05, 4.69) is 17.6 Å². The van der Waals surface area contributed by atoms with Crippen LogP contribution >= 0.6 is 11.8 Å². The molecule has 1 aromatic carbocycles. The molecule has 1 aliphatic heterocycles. The van der Waals surface area contributed by atoms with Crippen LogP contribution in [0.4, 0.5) is 10.5 Å². The van der Waals surface area contributed by atoms with Gasteiger partial charge in [-0.15, -0.1) is 0 Å². The maximum absolute atomic E-state index is 11.9. The molecule has 1 aromatic rings. The van der Waals surface area contributed by atoms with Crippen LogP contribution in [-0.2, 0) is 0 Å². The standard InChI is InChI=1S/C14H18N2O4S/c1-14(5-2-6-21-14)8-15-13(20)16-11-4-3-9(17)7-10(11)12(18)19/h3-4,7,17H,2,5-6,8H2,1H3,(H,18,19)(H2,15,16,20). The summed E-state index contributed by atoms with van der Waals surface area (Å²) in [6.45, 7) is 2.64. The summed E-state index contributed by atoms with van der Waals surface area (Å²) in [6, 6.07) is 3.35. The lowest BCUT2D eigenvalue weighted by molar-refractivity contribution is 0.0697. The van der Waals surface area contributed by atoms with Crippen LogP contribution in [0.2, 0.25) is 0 Å². The topological polar surface area (TPSA) is 98.7 Å². The van der Waals surface area contributed by atoms with Gasteiger partial charge in [0.2, 0.25) is 0 Å². The average Bonchev–Trinajstić information content (AvgIpc) is 2.86. The molecule has 0 aliphatic carbocycles. The number of phenols is 1. The van der Waals surface area contributed by atoms with Crippen molar-refractivity contribution in [2.75, 3.05) is 17.6 Å². The fraction of sp³-hybridized carbons (Fsp3) is 0.429. The second kappa shape index (κ2) is 6.26. The summed E-state index contributed by atoms with van der Waals surface area (Å²) in [4.78, 5) is 23.0. The summed E-state index contributed by atoms with van der Waals surface area (Å²) < 4.78 is 0.0436. The Labute approximate surface area is 126 Å². The SMILES string of the molecule is CC1(CNC(=O)Nc2ccc(O)cc2C(=O)O)CCCS1. The number of hydrogen-bond donors (Lipinski definition) is 4. The number of thioether (sulfide) groups is 1. The number of aromatic carboxylic acids is 1. The number of urea groups is 1. The third kappa shape index (κ3) is 4.04. The summed E-state index contributed by atoms with van der Waals surface area (Å²) in [5.74, 6) is -0.270. The second-order valence-electron chi connectivity index (χ2n) is 5.24. The molecule has 114 valence electrons. The number of aromatic hydroxyl groups is 1. The Bertz CT molecular complexity index is 556. The van der Waals surface area contributed by atoms with Gasteiger partial charge in [0.15, 0.2) is 0 Å². The van der Waals surface area contributed by atoms with Gasteiger partial charge in [0.1, 0.15) is 5.75 Å². The van der Waals surface area contributed by atoms with Crippen molar-refractivity contribution in [1.82, 2.24) is 5.32 Å². The van der Waals surface area contributed by atoms with E-state index in [-0.39, 0.29) is 21.7 Å². The zero-order valence-electron chi connectivity index (χ0n) is 11.7. The molecule has 0 saturated carbocycles. The number of carbonyl (C=O) groups excluding carboxylic acids is 1. The lowest BCUT2D eigenvalue weighted by Crippen LogP contribution is -2.39. The van der Waals surface area contributed by atoms with Gasteiger partial charge < -0.3 is 20.8 Å². The molecule has 0 spiro atoms. The number of carboxylic acids is 1. The molecule has 1 fully saturated rings. The van der Waals surface area contributed by atoms with Crippen LogP contribution < -0.4 is 10.6 Å². The number of benzene rings is 1. The first-order valence-corrected chi connectivity index (χ1v) is 7.63. The maximum atomic E-state index is 11.9. The fourth-order valence-corrected chi connectivity index (χ4v) is 3.47. The molecular weight excluding hydrogens is 292 g/mol. The first-order valence-electron chi connectivity index (χ1n) is 6.65. The molecule has 0 aromatic heterocycles. The highest BCUT2D eigenvalue weighted by Crippen LogP contribution is 2.36. The van der Waals surface area contributed by atoms with Gasteiger partial charge in [0.25, 0.3) is 0 Å². The van der Waals surface area contributed by atoms with Crippen molar-refractivity contribution in [3.63, 3.8) is 0 Å². The molecule has 0 radical (unpaired) electrons. The Kier molecular flexibility index (Phi) is 4.62. The molecule has 1 atom stereocenters. The zero-order chi connectivity index (χ0) is 15.5. The number of carbonyl (C=O) groups is 2. The van der Waals surface area contributed by atoms with Crippen molar-refractivity contribution in [1.29, 1.82) is 0 Å². The van der Waals surface area contributed by atoms with Gasteiger partial charge in [-0.25, -0.2) is 9.59 Å². The van der Waals surface area contributed by atoms with E-state index >= 15 is 0 Å². The molecule has 21 heavy (non-hydrogen) atoms. The van der Waals surface area contributed by atoms with Crippen molar-refractivity contribution in [3.05, 3.63) is 23.8 Å². The highest BCUT2D eigenvalue weighted by molar-refractivity contribution is 8.00. The Morgan fingerprint density at radius 2 is 2.19 bits per heavy atom. The summed E-state index contributed by atoms with van der Waals surface area (Å²) in [7, 11) is 0. The van der Waals surface area contributed by atoms with E-state index in [9.17, 15) is 14.7 Å². The zero-order valence-corrected chi connectivity index (χ0v) is 12.5. The number of anilines is 1. The van der Waals surface area contributed by atoms with Gasteiger partial charge in [0, 0.05) is 11.3 Å². The number of rotatable bonds is 4. The summed E-state index contributed by atoms with van der Waals surface area (Å²) in [5, 5.41) is 23.6. The van der Waals surface area contributed by atoms with Crippen LogP contribution in [0.3, 0.4) is 0 Å². The molecule has 7 heteroatoms. The van der Waals surface area contributed by atoms with Gasteiger partial charge in [-0.2, -0.15) is 11.8 Å². The Balaban J connectivity index is 1.98. The van der Waals surface area contributed by atoms with Crippen LogP contribution in [0, 0.1) is 0 Å². The first kappa shape index (κ1) is 15.5. The van der Waals surface area contributed by atoms with Crippen molar-refractivity contribution in [2.24, 2.45) is 0 Å². The van der Waals surface area contributed by atoms with Crippen LogP contribution in [0.15, 0.2) is 18.2 Å². The number of hydrogen-bond acceptors (Lipinski definition) is 4. The van der Waals surface area contributed by atoms with Crippen LogP contribution in [-0.4, -0.2) is 39.3 Å². The van der Waals surface area contributed by atoms with E-state index in [1.807, 2.05) is 11.8 Å². The smallest absolute Gasteiger partial charge is 0.337 e. The average molecular weight is 310 g/mol. The van der Waals surface area contributed by atoms with Gasteiger partial charge >= 0.3 is 12.0 Å². The number of nitrogens with one attached hydrogen (secondary N) is 2. The molecule has 4 N–H and O–H groups in total. The Hall–Kier alpha value is -1.89. The third-order valence-electron chi connectivity index (χ3n) is 3.41. The lowest BCUT2D eigenvalue weighted by Gasteiger charge is -2.23. The van der Waals surface area contributed by atoms with Gasteiger partial charge in [-0.05, 0) is 43.7 Å². The van der Waals surface area contributed by atoms with E-state index in [0.717, 1.165) is 24.7 Å². The normalized spacial score (nSPS) is 21.0. The van der Waals surface area contributed by atoms with Crippen molar-refractivity contribution in [3.8, 4) is 5.75 Å². The second-order valence-corrected chi connectivity index (χ2v) is 6.93. The molecule has 1 aliphatic rings. The molecule has 1 heterocycles. The van der Waals surface area contributed by atoms with Crippen molar-refractivity contribution < 1.29 is 19.8 Å². The summed E-state index contributed by atoms with van der Waals surface area (Å²) in [5.41, 5.74) is 0.00799. The number of carboxylic acid groups (broad SMARTS) is 1. The van der Waals surface area contributed by atoms with Gasteiger partial charge in [0.05, 0.1) is 11.3 Å². The van der Waals surface area contributed by atoms with E-state index < -0.39 is 12.0 Å². The first-order chi connectivity index (χ1) is 9.89. The lowest BCUT2D eigenvalue weighted by atomic mass is 10.1. The Morgan fingerprint density at radius 1 is 1.43 bits per heavy atom. The molecular formula is C14H18N2O4S. The van der Waals surface area contributed by atoms with E-state index in [1.54, 1.807) is 0 Å². The van der Waals surface area contributed by atoms with Gasteiger partial charge in [-0.3, -0.25) is 0 Å². The molecule has 0 bridgehead atoms. The number of phenolic OH excluding ortho intramolecular Hbond substituents is 1. The summed E-state index contributed by atoms with van der Waals surface area (Å²) in [6.07, 6.45) is 2.20. The highest BCUT2D eigenvalue weighted by Gasteiger charge is 2.29. The minimum Gasteiger partial charge on any atom is -0.508 e. The molecule has 6 nitrogen and oxygen atoms in total. The highest BCUT2D eigenvalue weighted by atomic mass is 32.2. The largest absolute Gasteiger partial charge is 0.508 e. The minimum absolute atomic E-state index is 0.0436. The predicted octanol–water partition coefficient (Wildman–Crippen LogP) is 2.50. The predicted molar refractivity (Wildman–Crippen MR) is 82.2 cm³/mol. The van der Waals surface area contributed by atoms with E-state index in [1.165, 1.54) is 12.1 Å². The summed E-state index contributed by atoms with van der Waals surface area (Å²) >= 11 is 1.83. The fourth-order valence-electron chi connectivity index (χ4n) is 2.23. The Morgan fingerprint density at radius 3 is 2.81 bits per heavy atom. The molecule has 2 rings (SSSR count). The molecule has 1 unspecified atom stereocenters. The number of amides is 2.